The van der Waals surface area contributed by atoms with Crippen molar-refractivity contribution in [2.75, 3.05) is 19.0 Å². The van der Waals surface area contributed by atoms with Crippen LogP contribution < -0.4 is 10.1 Å². The summed E-state index contributed by atoms with van der Waals surface area (Å²) in [5.41, 5.74) is 6.70. The summed E-state index contributed by atoms with van der Waals surface area (Å²) in [6, 6.07) is 12.6. The number of hydrogen-bond donors (Lipinski definition) is 1. The number of aryl methyl sites for hydroxylation is 3. The molecule has 0 fully saturated rings. The highest BCUT2D eigenvalue weighted by Crippen LogP contribution is 2.18. The molecule has 0 unspecified atom stereocenters. The summed E-state index contributed by atoms with van der Waals surface area (Å²) in [6.45, 7) is 7.49. The SMILES string of the molecule is COc1ccc(NCCc2c(C)cc(C)cc2C)cc1. The normalized spacial score (nSPS) is 10.4. The Hall–Kier alpha value is -1.96. The monoisotopic (exact) mass is 269 g/mol. The van der Waals surface area contributed by atoms with Crippen molar-refractivity contribution in [3.8, 4) is 5.75 Å². The minimum absolute atomic E-state index is 0.890. The molecule has 20 heavy (non-hydrogen) atoms. The molecule has 0 saturated carbocycles. The Labute approximate surface area is 121 Å². The van der Waals surface area contributed by atoms with E-state index in [1.54, 1.807) is 7.11 Å². The lowest BCUT2D eigenvalue weighted by molar-refractivity contribution is 0.415. The topological polar surface area (TPSA) is 21.3 Å². The second-order valence-corrected chi connectivity index (χ2v) is 5.28. The van der Waals surface area contributed by atoms with E-state index in [2.05, 4.69) is 38.2 Å². The Balaban J connectivity index is 1.95. The molecule has 2 aromatic carbocycles. The van der Waals surface area contributed by atoms with Crippen molar-refractivity contribution in [1.29, 1.82) is 0 Å². The maximum atomic E-state index is 5.16. The Kier molecular flexibility index (Phi) is 4.67. The van der Waals surface area contributed by atoms with Crippen LogP contribution in [0.2, 0.25) is 0 Å². The van der Waals surface area contributed by atoms with Crippen LogP contribution in [0.3, 0.4) is 0 Å². The van der Waals surface area contributed by atoms with Crippen molar-refractivity contribution in [2.45, 2.75) is 27.2 Å². The standard InChI is InChI=1S/C18H23NO/c1-13-11-14(2)18(15(3)12-13)9-10-19-16-5-7-17(20-4)8-6-16/h5-8,11-12,19H,9-10H2,1-4H3. The first-order valence-electron chi connectivity index (χ1n) is 7.05. The highest BCUT2D eigenvalue weighted by molar-refractivity contribution is 5.47. The van der Waals surface area contributed by atoms with Crippen LogP contribution in [-0.2, 0) is 6.42 Å². The molecule has 0 aromatic heterocycles. The van der Waals surface area contributed by atoms with Gasteiger partial charge in [0.25, 0.3) is 0 Å². The van der Waals surface area contributed by atoms with Gasteiger partial charge in [0, 0.05) is 12.2 Å². The number of methoxy groups -OCH3 is 1. The average Bonchev–Trinajstić information content (AvgIpc) is 2.42. The fourth-order valence-electron chi connectivity index (χ4n) is 2.64. The van der Waals surface area contributed by atoms with Crippen LogP contribution in [0.1, 0.15) is 22.3 Å². The summed E-state index contributed by atoms with van der Waals surface area (Å²) in [5.74, 6) is 0.890. The van der Waals surface area contributed by atoms with Crippen molar-refractivity contribution in [1.82, 2.24) is 0 Å². The molecule has 2 nitrogen and oxygen atoms in total. The van der Waals surface area contributed by atoms with Gasteiger partial charge in [0.2, 0.25) is 0 Å². The van der Waals surface area contributed by atoms with Crippen LogP contribution in [0.25, 0.3) is 0 Å². The summed E-state index contributed by atoms with van der Waals surface area (Å²) >= 11 is 0. The Morgan fingerprint density at radius 3 is 2.10 bits per heavy atom. The number of nitrogens with one attached hydrogen (secondary N) is 1. The third-order valence-electron chi connectivity index (χ3n) is 3.63. The summed E-state index contributed by atoms with van der Waals surface area (Å²) in [7, 11) is 1.69. The second-order valence-electron chi connectivity index (χ2n) is 5.28. The van der Waals surface area contributed by atoms with Gasteiger partial charge in [-0.15, -0.1) is 0 Å². The molecule has 2 heteroatoms. The zero-order chi connectivity index (χ0) is 14.5. The van der Waals surface area contributed by atoms with Gasteiger partial charge in [0.1, 0.15) is 5.75 Å². The van der Waals surface area contributed by atoms with E-state index in [9.17, 15) is 0 Å². The van der Waals surface area contributed by atoms with E-state index in [1.165, 1.54) is 22.3 Å². The molecule has 0 aliphatic rings. The van der Waals surface area contributed by atoms with E-state index >= 15 is 0 Å². The van der Waals surface area contributed by atoms with E-state index in [-0.39, 0.29) is 0 Å². The number of anilines is 1. The van der Waals surface area contributed by atoms with Crippen molar-refractivity contribution in [3.05, 3.63) is 58.7 Å². The smallest absolute Gasteiger partial charge is 0.119 e. The third-order valence-corrected chi connectivity index (χ3v) is 3.63. The summed E-state index contributed by atoms with van der Waals surface area (Å²) in [5, 5.41) is 3.46. The summed E-state index contributed by atoms with van der Waals surface area (Å²) < 4.78 is 5.16. The first kappa shape index (κ1) is 14.4. The Morgan fingerprint density at radius 2 is 1.55 bits per heavy atom. The highest BCUT2D eigenvalue weighted by Gasteiger charge is 2.03. The molecule has 0 spiro atoms. The molecule has 0 heterocycles. The molecule has 0 amide bonds. The fraction of sp³-hybridized carbons (Fsp3) is 0.333. The van der Waals surface area contributed by atoms with Gasteiger partial charge in [0.05, 0.1) is 7.11 Å². The molecule has 0 radical (unpaired) electrons. The van der Waals surface area contributed by atoms with Crippen molar-refractivity contribution in [2.24, 2.45) is 0 Å². The zero-order valence-corrected chi connectivity index (χ0v) is 12.8. The Morgan fingerprint density at radius 1 is 0.950 bits per heavy atom. The van der Waals surface area contributed by atoms with E-state index < -0.39 is 0 Å². The minimum Gasteiger partial charge on any atom is -0.497 e. The predicted molar refractivity (Wildman–Crippen MR) is 85.8 cm³/mol. The Bertz CT molecular complexity index is 549. The van der Waals surface area contributed by atoms with Gasteiger partial charge in [-0.05, 0) is 68.1 Å². The fourth-order valence-corrected chi connectivity index (χ4v) is 2.64. The molecule has 1 N–H and O–H groups in total. The minimum atomic E-state index is 0.890. The third kappa shape index (κ3) is 3.53. The first-order chi connectivity index (χ1) is 9.60. The van der Waals surface area contributed by atoms with Crippen LogP contribution in [0, 0.1) is 20.8 Å². The zero-order valence-electron chi connectivity index (χ0n) is 12.8. The van der Waals surface area contributed by atoms with Gasteiger partial charge in [-0.2, -0.15) is 0 Å². The summed E-state index contributed by atoms with van der Waals surface area (Å²) in [6.07, 6.45) is 1.05. The average molecular weight is 269 g/mol. The molecule has 0 aliphatic heterocycles. The number of ether oxygens (including phenoxy) is 1. The summed E-state index contributed by atoms with van der Waals surface area (Å²) in [4.78, 5) is 0. The van der Waals surface area contributed by atoms with Crippen LogP contribution in [0.4, 0.5) is 5.69 Å². The van der Waals surface area contributed by atoms with E-state index in [1.807, 2.05) is 24.3 Å². The molecule has 0 atom stereocenters. The molecule has 106 valence electrons. The van der Waals surface area contributed by atoms with Gasteiger partial charge in [-0.25, -0.2) is 0 Å². The van der Waals surface area contributed by atoms with Crippen LogP contribution in [0.15, 0.2) is 36.4 Å². The molecular formula is C18H23NO. The quantitative estimate of drug-likeness (QED) is 0.875. The first-order valence-corrected chi connectivity index (χ1v) is 7.05. The molecule has 0 saturated heterocycles. The van der Waals surface area contributed by atoms with E-state index in [4.69, 9.17) is 4.74 Å². The van der Waals surface area contributed by atoms with Gasteiger partial charge in [-0.1, -0.05) is 17.7 Å². The van der Waals surface area contributed by atoms with Gasteiger partial charge in [0.15, 0.2) is 0 Å². The molecular weight excluding hydrogens is 246 g/mol. The number of hydrogen-bond acceptors (Lipinski definition) is 2. The van der Waals surface area contributed by atoms with Crippen LogP contribution in [0.5, 0.6) is 5.75 Å². The van der Waals surface area contributed by atoms with Gasteiger partial charge >= 0.3 is 0 Å². The van der Waals surface area contributed by atoms with Crippen LogP contribution in [-0.4, -0.2) is 13.7 Å². The lowest BCUT2D eigenvalue weighted by atomic mass is 9.97. The highest BCUT2D eigenvalue weighted by atomic mass is 16.5. The lowest BCUT2D eigenvalue weighted by Gasteiger charge is -2.12. The second kappa shape index (κ2) is 6.47. The molecule has 2 aromatic rings. The molecule has 0 bridgehead atoms. The molecule has 0 aliphatic carbocycles. The number of benzene rings is 2. The van der Waals surface area contributed by atoms with E-state index in [0.717, 1.165) is 24.4 Å². The number of rotatable bonds is 5. The van der Waals surface area contributed by atoms with Crippen molar-refractivity contribution in [3.63, 3.8) is 0 Å². The van der Waals surface area contributed by atoms with Gasteiger partial charge in [-0.3, -0.25) is 0 Å². The molecule has 2 rings (SSSR count). The maximum absolute atomic E-state index is 5.16. The van der Waals surface area contributed by atoms with E-state index in [0.29, 0.717) is 0 Å². The lowest BCUT2D eigenvalue weighted by Crippen LogP contribution is -2.07. The van der Waals surface area contributed by atoms with Crippen molar-refractivity contribution < 1.29 is 4.74 Å². The predicted octanol–water partition coefficient (Wildman–Crippen LogP) is 4.28. The maximum Gasteiger partial charge on any atom is 0.119 e. The van der Waals surface area contributed by atoms with Crippen LogP contribution >= 0.6 is 0 Å². The van der Waals surface area contributed by atoms with Gasteiger partial charge < -0.3 is 10.1 Å². The van der Waals surface area contributed by atoms with Crippen molar-refractivity contribution >= 4 is 5.69 Å². The largest absolute Gasteiger partial charge is 0.497 e.